The van der Waals surface area contributed by atoms with Gasteiger partial charge in [-0.3, -0.25) is 4.79 Å². The molecular formula is C14H17BrO3. The monoisotopic (exact) mass is 312 g/mol. The Morgan fingerprint density at radius 3 is 2.56 bits per heavy atom. The summed E-state index contributed by atoms with van der Waals surface area (Å²) < 4.78 is 6.21. The summed E-state index contributed by atoms with van der Waals surface area (Å²) >= 11 is 3.43. The van der Waals surface area contributed by atoms with Crippen molar-refractivity contribution in [2.45, 2.75) is 37.5 Å². The lowest BCUT2D eigenvalue weighted by Gasteiger charge is -2.34. The average Bonchev–Trinajstić information content (AvgIpc) is 2.39. The van der Waals surface area contributed by atoms with Crippen LogP contribution in [0.3, 0.4) is 0 Å². The van der Waals surface area contributed by atoms with E-state index in [0.717, 1.165) is 29.3 Å². The predicted octanol–water partition coefficient (Wildman–Crippen LogP) is 3.74. The van der Waals surface area contributed by atoms with Gasteiger partial charge < -0.3 is 9.84 Å². The first-order valence-electron chi connectivity index (χ1n) is 6.18. The van der Waals surface area contributed by atoms with E-state index in [-0.39, 0.29) is 0 Å². The molecule has 3 nitrogen and oxygen atoms in total. The third-order valence-electron chi connectivity index (χ3n) is 3.80. The van der Waals surface area contributed by atoms with Crippen molar-refractivity contribution < 1.29 is 14.6 Å². The highest BCUT2D eigenvalue weighted by Gasteiger charge is 2.43. The fourth-order valence-electron chi connectivity index (χ4n) is 2.85. The zero-order chi connectivity index (χ0) is 13.2. The largest absolute Gasteiger partial charge is 0.495 e. The van der Waals surface area contributed by atoms with Crippen LogP contribution in [0, 0.1) is 0 Å². The van der Waals surface area contributed by atoms with Crippen LogP contribution in [0.2, 0.25) is 0 Å². The summed E-state index contributed by atoms with van der Waals surface area (Å²) in [7, 11) is 1.59. The second-order valence-electron chi connectivity index (χ2n) is 4.77. The maximum absolute atomic E-state index is 11.8. The second-order valence-corrected chi connectivity index (χ2v) is 5.62. The number of halogens is 1. The number of para-hydroxylation sites is 1. The minimum absolute atomic E-state index is 0.654. The smallest absolute Gasteiger partial charge is 0.314 e. The van der Waals surface area contributed by atoms with Gasteiger partial charge in [-0.05, 0) is 34.8 Å². The normalized spacial score (nSPS) is 18.3. The highest BCUT2D eigenvalue weighted by molar-refractivity contribution is 9.10. The molecule has 1 aromatic rings. The number of benzene rings is 1. The molecule has 1 fully saturated rings. The number of carboxylic acid groups (broad SMARTS) is 1. The Hall–Kier alpha value is -1.03. The van der Waals surface area contributed by atoms with Crippen LogP contribution >= 0.6 is 15.9 Å². The molecule has 0 radical (unpaired) electrons. The highest BCUT2D eigenvalue weighted by Crippen LogP contribution is 2.45. The van der Waals surface area contributed by atoms with Crippen molar-refractivity contribution in [2.24, 2.45) is 0 Å². The van der Waals surface area contributed by atoms with Gasteiger partial charge in [-0.1, -0.05) is 31.4 Å². The van der Waals surface area contributed by atoms with Crippen molar-refractivity contribution in [3.05, 3.63) is 28.2 Å². The van der Waals surface area contributed by atoms with Gasteiger partial charge >= 0.3 is 5.97 Å². The Morgan fingerprint density at radius 2 is 2.00 bits per heavy atom. The topological polar surface area (TPSA) is 46.5 Å². The molecule has 18 heavy (non-hydrogen) atoms. The van der Waals surface area contributed by atoms with Gasteiger partial charge in [0.15, 0.2) is 0 Å². The van der Waals surface area contributed by atoms with E-state index >= 15 is 0 Å². The molecule has 0 saturated heterocycles. The third-order valence-corrected chi connectivity index (χ3v) is 4.43. The van der Waals surface area contributed by atoms with Gasteiger partial charge in [-0.25, -0.2) is 0 Å². The average molecular weight is 313 g/mol. The molecule has 98 valence electrons. The molecule has 0 spiro atoms. The van der Waals surface area contributed by atoms with Gasteiger partial charge in [0, 0.05) is 5.56 Å². The molecule has 1 N–H and O–H groups in total. The lowest BCUT2D eigenvalue weighted by atomic mass is 9.69. The molecule has 1 aromatic carbocycles. The molecule has 1 aliphatic rings. The van der Waals surface area contributed by atoms with Crippen LogP contribution < -0.4 is 4.74 Å². The highest BCUT2D eigenvalue weighted by atomic mass is 79.9. The van der Waals surface area contributed by atoms with Gasteiger partial charge in [0.25, 0.3) is 0 Å². The minimum Gasteiger partial charge on any atom is -0.495 e. The van der Waals surface area contributed by atoms with Crippen LogP contribution in [0.1, 0.15) is 37.7 Å². The van der Waals surface area contributed by atoms with Gasteiger partial charge in [-0.15, -0.1) is 0 Å². The number of hydrogen-bond acceptors (Lipinski definition) is 2. The van der Waals surface area contributed by atoms with Gasteiger partial charge in [0.2, 0.25) is 0 Å². The molecular weight excluding hydrogens is 296 g/mol. The van der Waals surface area contributed by atoms with Crippen molar-refractivity contribution in [2.75, 3.05) is 7.11 Å². The molecule has 0 atom stereocenters. The summed E-state index contributed by atoms with van der Waals surface area (Å²) in [5, 5.41) is 9.68. The van der Waals surface area contributed by atoms with Crippen LogP contribution in [0.15, 0.2) is 22.7 Å². The lowest BCUT2D eigenvalue weighted by Crippen LogP contribution is -2.38. The molecule has 0 unspecified atom stereocenters. The summed E-state index contributed by atoms with van der Waals surface area (Å²) in [6.07, 6.45) is 4.42. The van der Waals surface area contributed by atoms with Crippen molar-refractivity contribution in [1.82, 2.24) is 0 Å². The molecule has 0 amide bonds. The third kappa shape index (κ3) is 2.14. The van der Waals surface area contributed by atoms with E-state index in [9.17, 15) is 9.90 Å². The predicted molar refractivity (Wildman–Crippen MR) is 73.1 cm³/mol. The zero-order valence-corrected chi connectivity index (χ0v) is 12.0. The molecule has 1 saturated carbocycles. The number of rotatable bonds is 3. The zero-order valence-electron chi connectivity index (χ0n) is 10.4. The van der Waals surface area contributed by atoms with Crippen LogP contribution in [0.25, 0.3) is 0 Å². The Kier molecular flexibility index (Phi) is 3.95. The SMILES string of the molecule is COc1c(Br)cccc1C1(C(=O)O)CCCCC1. The van der Waals surface area contributed by atoms with E-state index in [1.54, 1.807) is 7.11 Å². The van der Waals surface area contributed by atoms with Crippen LogP contribution in [0.5, 0.6) is 5.75 Å². The molecule has 0 heterocycles. The van der Waals surface area contributed by atoms with Crippen molar-refractivity contribution in [1.29, 1.82) is 0 Å². The standard InChI is InChI=1S/C14H17BrO3/c1-18-12-10(6-5-7-11(12)15)14(13(16)17)8-3-2-4-9-14/h5-7H,2-4,8-9H2,1H3,(H,16,17). The Morgan fingerprint density at radius 1 is 1.33 bits per heavy atom. The van der Waals surface area contributed by atoms with Gasteiger partial charge in [-0.2, -0.15) is 0 Å². The molecule has 2 rings (SSSR count). The number of carbonyl (C=O) groups is 1. The Bertz CT molecular complexity index is 450. The number of ether oxygens (including phenoxy) is 1. The van der Waals surface area contributed by atoms with Crippen LogP contribution in [-0.4, -0.2) is 18.2 Å². The van der Waals surface area contributed by atoms with E-state index in [0.29, 0.717) is 18.6 Å². The van der Waals surface area contributed by atoms with Gasteiger partial charge in [0.05, 0.1) is 17.0 Å². The van der Waals surface area contributed by atoms with Crippen LogP contribution in [-0.2, 0) is 10.2 Å². The first-order chi connectivity index (χ1) is 8.62. The maximum Gasteiger partial charge on any atom is 0.314 e. The minimum atomic E-state index is -0.784. The quantitative estimate of drug-likeness (QED) is 0.924. The maximum atomic E-state index is 11.8. The second kappa shape index (κ2) is 5.31. The van der Waals surface area contributed by atoms with E-state index in [1.165, 1.54) is 0 Å². The molecule has 0 aromatic heterocycles. The molecule has 0 bridgehead atoms. The summed E-state index contributed by atoms with van der Waals surface area (Å²) in [5.41, 5.74) is 0.0134. The van der Waals surface area contributed by atoms with Gasteiger partial charge in [0.1, 0.15) is 5.75 Å². The van der Waals surface area contributed by atoms with Crippen molar-refractivity contribution >= 4 is 21.9 Å². The fourth-order valence-corrected chi connectivity index (χ4v) is 3.37. The first kappa shape index (κ1) is 13.4. The van der Waals surface area contributed by atoms with E-state index in [1.807, 2.05) is 18.2 Å². The number of methoxy groups -OCH3 is 1. The Labute approximate surface area is 115 Å². The summed E-state index contributed by atoms with van der Waals surface area (Å²) in [6.45, 7) is 0. The number of aliphatic carboxylic acids is 1. The first-order valence-corrected chi connectivity index (χ1v) is 6.97. The fraction of sp³-hybridized carbons (Fsp3) is 0.500. The molecule has 0 aliphatic heterocycles. The number of carboxylic acids is 1. The summed E-state index contributed by atoms with van der Waals surface area (Å²) in [5.74, 6) is -0.0830. The van der Waals surface area contributed by atoms with E-state index < -0.39 is 11.4 Å². The molecule has 4 heteroatoms. The van der Waals surface area contributed by atoms with Crippen LogP contribution in [0.4, 0.5) is 0 Å². The van der Waals surface area contributed by atoms with E-state index in [4.69, 9.17) is 4.74 Å². The number of hydrogen-bond donors (Lipinski definition) is 1. The summed E-state index contributed by atoms with van der Waals surface area (Å²) in [4.78, 5) is 11.8. The summed E-state index contributed by atoms with van der Waals surface area (Å²) in [6, 6.07) is 5.63. The Balaban J connectivity index is 2.55. The lowest BCUT2D eigenvalue weighted by molar-refractivity contribution is -0.145. The van der Waals surface area contributed by atoms with Crippen molar-refractivity contribution in [3.8, 4) is 5.75 Å². The van der Waals surface area contributed by atoms with E-state index in [2.05, 4.69) is 15.9 Å². The van der Waals surface area contributed by atoms with Crippen molar-refractivity contribution in [3.63, 3.8) is 0 Å². The molecule has 1 aliphatic carbocycles.